The van der Waals surface area contributed by atoms with E-state index in [-0.39, 0.29) is 242 Å². The first-order chi connectivity index (χ1) is 35.3. The molecule has 0 aromatic carbocycles. The zero-order valence-corrected chi connectivity index (χ0v) is 77.6. The van der Waals surface area contributed by atoms with Gasteiger partial charge in [0.1, 0.15) is 0 Å². The third kappa shape index (κ3) is 78.4. The van der Waals surface area contributed by atoms with Gasteiger partial charge in [-0.3, -0.25) is 19.2 Å². The number of carbonyl (C=O) groups is 4. The molecule has 592 valence electrons. The minimum Gasteiger partial charge on any atom is -0.481 e. The number of carboxylic acids is 2. The summed E-state index contributed by atoms with van der Waals surface area (Å²) in [4.78, 5) is 51.4. The van der Waals surface area contributed by atoms with Gasteiger partial charge in [0.05, 0.1) is 12.8 Å². The van der Waals surface area contributed by atoms with Crippen LogP contribution < -0.4 is 10.6 Å². The van der Waals surface area contributed by atoms with Gasteiger partial charge in [0.25, 0.3) is 0 Å². The van der Waals surface area contributed by atoms with Gasteiger partial charge in [0.2, 0.25) is 11.8 Å². The number of aliphatic carboxylic acids is 2. The van der Waals surface area contributed by atoms with Crippen molar-refractivity contribution in [2.45, 2.75) is 383 Å². The molecule has 0 aromatic heterocycles. The average molecular weight is 2050 g/mol. The van der Waals surface area contributed by atoms with Crippen LogP contribution >= 0.6 is 0 Å². The van der Waals surface area contributed by atoms with Crippen LogP contribution in [0.25, 0.3) is 0 Å². The van der Waals surface area contributed by atoms with Gasteiger partial charge in [0, 0.05) is 132 Å². The van der Waals surface area contributed by atoms with Crippen molar-refractivity contribution in [1.29, 1.82) is 0 Å². The van der Waals surface area contributed by atoms with Crippen LogP contribution in [0, 0.1) is 17.8 Å². The van der Waals surface area contributed by atoms with Crippen molar-refractivity contribution in [3.05, 3.63) is 0 Å². The summed E-state index contributed by atoms with van der Waals surface area (Å²) in [5, 5.41) is 25.8. The summed E-state index contributed by atoms with van der Waals surface area (Å²) in [5.74, 6) is -4.01. The third-order valence-electron chi connectivity index (χ3n) is 12.7. The molecule has 0 aliphatic carbocycles. The second-order valence-corrected chi connectivity index (χ2v) is 68.0. The summed E-state index contributed by atoms with van der Waals surface area (Å²) in [6, 6.07) is 3.05. The molecule has 0 saturated heterocycles. The molecule has 2 radical (unpaired) electrons. The summed E-state index contributed by atoms with van der Waals surface area (Å²) in [7, 11) is -24.4. The Balaban J connectivity index is -0.000000194. The Morgan fingerprint density at radius 3 is 0.812 bits per heavy atom. The molecule has 0 aromatic rings. The maximum atomic E-state index is 13.7. The standard InChI is InChI=1S/C52H120N2O14Si10.14CH4.2W.2Y/c1-24-26-28-30-39-75(20,61-69(4,5)6)65-73(16,17)67-77(22,63-71(10,11)12)41-33-36-47(43-49(55)56)51(59)53-38-32-35-46(3)45-54-52(60)48(44-50(57)58)37-34-42-78(23,64-72(13,14)15)68-74(18,19)66-76(21,62-70(7,8)9)40-31-29-27-25-2;;;;;;;;;;;;;;;;;;/h46-48H,24-45H2,1-23H3,(H,53,59)(H,54,60)(H,55,56)(H,57,58);14*1H4;;;;. The number of amides is 2. The minimum absolute atomic E-state index is 0. The first-order valence-corrected chi connectivity index (χ1v) is 59.2. The predicted molar refractivity (Wildman–Crippen MR) is 440 cm³/mol. The molecule has 0 bridgehead atoms. The summed E-state index contributed by atoms with van der Waals surface area (Å²) in [6.07, 6.45) is 11.8. The van der Waals surface area contributed by atoms with Crippen LogP contribution in [0.3, 0.4) is 0 Å². The normalized spacial score (nSPS) is 14.2. The van der Waals surface area contributed by atoms with Crippen LogP contribution in [0.1, 0.15) is 227 Å². The number of carbonyl (C=O) groups excluding carboxylic acids is 2. The topological polar surface area (TPSA) is 207 Å². The molecule has 7 atom stereocenters. The van der Waals surface area contributed by atoms with Crippen molar-refractivity contribution in [3.8, 4) is 0 Å². The zero-order valence-electron chi connectivity index (χ0n) is 56.1. The van der Waals surface area contributed by atoms with E-state index < -0.39 is 108 Å². The minimum atomic E-state index is -2.86. The number of carboxylic acid groups (broad SMARTS) is 2. The van der Waals surface area contributed by atoms with Gasteiger partial charge in [-0.25, -0.2) is 0 Å². The van der Waals surface area contributed by atoms with E-state index in [1.807, 2.05) is 6.92 Å². The second kappa shape index (κ2) is 68.8. The van der Waals surface area contributed by atoms with Crippen LogP contribution in [0.5, 0.6) is 0 Å². The number of hydrogen-bond donors (Lipinski definition) is 4. The van der Waals surface area contributed by atoms with Crippen molar-refractivity contribution < 1.29 is 170 Å². The molecule has 0 aliphatic rings. The SMILES string of the molecule is C.C.C.C.C.C.C.C.C.C.C.C.C.C.CCCCCC[Si](C)(O[Si](C)(C)C)O[Si](C)(C)O[Si](C)(CCCC(CC(=O)O)C(=O)NCCCC(C)CNC(=O)C(CCC[Si](C)(O[Si](C)(C)C)O[Si](C)(C)O[Si](C)(CCCCCC)O[Si](C)(C)C)CC(=O)O)O[Si](C)(C)C.[W].[W].[Y].[Y]. The number of nitrogens with one attached hydrogen (secondary N) is 2. The molecule has 96 heavy (non-hydrogen) atoms. The van der Waals surface area contributed by atoms with Crippen molar-refractivity contribution in [2.75, 3.05) is 13.1 Å². The van der Waals surface area contributed by atoms with Crippen LogP contribution in [0.4, 0.5) is 0 Å². The molecule has 16 nitrogen and oxygen atoms in total. The first kappa shape index (κ1) is 149. The van der Waals surface area contributed by atoms with Crippen LogP contribution in [-0.2, 0) is 160 Å². The fourth-order valence-corrected chi connectivity index (χ4v) is 58.0. The van der Waals surface area contributed by atoms with E-state index in [9.17, 15) is 29.4 Å². The van der Waals surface area contributed by atoms with Gasteiger partial charge >= 0.3 is 63.3 Å². The van der Waals surface area contributed by atoms with Crippen molar-refractivity contribution >= 4 is 108 Å². The molecule has 30 heteroatoms. The van der Waals surface area contributed by atoms with E-state index in [1.54, 1.807) is 0 Å². The fraction of sp³-hybridized carbons (Fsp3) is 0.939. The van der Waals surface area contributed by atoms with E-state index >= 15 is 0 Å². The Kier molecular flexibility index (Phi) is 107. The summed E-state index contributed by atoms with van der Waals surface area (Å²) < 4.78 is 55.8. The second-order valence-electron chi connectivity index (χ2n) is 27.9. The van der Waals surface area contributed by atoms with E-state index in [4.69, 9.17) is 32.9 Å². The molecule has 0 rings (SSSR count). The molecule has 0 fully saturated rings. The molecule has 7 unspecified atom stereocenters. The number of rotatable bonds is 46. The van der Waals surface area contributed by atoms with Crippen LogP contribution in [0.2, 0.25) is 155 Å². The Labute approximate surface area is 694 Å². The molecular formula is C66H176N2O14Si10W2Y2. The molecule has 4 N–H and O–H groups in total. The van der Waals surface area contributed by atoms with Gasteiger partial charge in [-0.05, 0) is 187 Å². The third-order valence-corrected chi connectivity index (χ3v) is 49.2. The Morgan fingerprint density at radius 2 is 0.583 bits per heavy atom. The van der Waals surface area contributed by atoms with Gasteiger partial charge in [-0.15, -0.1) is 0 Å². The monoisotopic (exact) mass is 2050 g/mol. The van der Waals surface area contributed by atoms with Crippen LogP contribution in [0.15, 0.2) is 0 Å². The van der Waals surface area contributed by atoms with Gasteiger partial charge in [0.15, 0.2) is 33.3 Å². The zero-order chi connectivity index (χ0) is 60.7. The Hall–Kier alpha value is 3.31. The summed E-state index contributed by atoms with van der Waals surface area (Å²) >= 11 is 0. The molecular weight excluding hydrogens is 1870 g/mol. The van der Waals surface area contributed by atoms with Crippen molar-refractivity contribution in [2.24, 2.45) is 17.8 Å². The van der Waals surface area contributed by atoms with Crippen molar-refractivity contribution in [3.63, 3.8) is 0 Å². The van der Waals surface area contributed by atoms with Gasteiger partial charge < -0.3 is 53.8 Å². The largest absolute Gasteiger partial charge is 0.481 e. The van der Waals surface area contributed by atoms with Crippen molar-refractivity contribution in [1.82, 2.24) is 10.6 Å². The Bertz CT molecular complexity index is 1820. The molecule has 0 saturated carbocycles. The smallest absolute Gasteiger partial charge is 0.315 e. The maximum absolute atomic E-state index is 13.7. The van der Waals surface area contributed by atoms with E-state index in [1.165, 1.54) is 12.8 Å². The average Bonchev–Trinajstić information content (AvgIpc) is 3.19. The molecule has 0 heterocycles. The molecule has 0 aliphatic heterocycles. The fourth-order valence-electron chi connectivity index (χ4n) is 10.7. The number of unbranched alkanes of at least 4 members (excludes halogenated alkanes) is 6. The van der Waals surface area contributed by atoms with Gasteiger partial charge in [-0.1, -0.05) is 189 Å². The van der Waals surface area contributed by atoms with Crippen LogP contribution in [-0.4, -0.2) is 132 Å². The summed E-state index contributed by atoms with van der Waals surface area (Å²) in [6.45, 7) is 50.3. The van der Waals surface area contributed by atoms with E-state index in [0.717, 1.165) is 50.6 Å². The van der Waals surface area contributed by atoms with Gasteiger partial charge in [-0.2, -0.15) is 0 Å². The molecule has 0 spiro atoms. The first-order valence-electron chi connectivity index (χ1n) is 29.9. The van der Waals surface area contributed by atoms with E-state index in [2.05, 4.69) is 155 Å². The maximum Gasteiger partial charge on any atom is 0.315 e. The van der Waals surface area contributed by atoms with E-state index in [0.29, 0.717) is 63.7 Å². The predicted octanol–water partition coefficient (Wildman–Crippen LogP) is 23.6. The quantitative estimate of drug-likeness (QED) is 0.0331. The number of hydrogen-bond acceptors (Lipinski definition) is 12. The molecule has 2 amide bonds. The Morgan fingerprint density at radius 1 is 0.344 bits per heavy atom. The summed E-state index contributed by atoms with van der Waals surface area (Å²) in [5.41, 5.74) is 0.